The average molecular weight is 491 g/mol. The van der Waals surface area contributed by atoms with Crippen LogP contribution >= 0.6 is 0 Å². The molecule has 0 saturated carbocycles. The SMILES string of the molecule is Cc1ncc(CN2CCC3(CC2)CN(CC2COc4ccccc4O2)CCO3)[nH]1.O=CO.O=CO. The lowest BCUT2D eigenvalue weighted by atomic mass is 9.89. The number of nitrogens with zero attached hydrogens (tertiary/aromatic N) is 3. The molecule has 3 N–H and O–H groups in total. The van der Waals surface area contributed by atoms with E-state index in [-0.39, 0.29) is 24.6 Å². The molecule has 2 fully saturated rings. The summed E-state index contributed by atoms with van der Waals surface area (Å²) in [6.07, 6.45) is 4.16. The zero-order valence-corrected chi connectivity index (χ0v) is 20.0. The number of ether oxygens (including phenoxy) is 3. The lowest BCUT2D eigenvalue weighted by molar-refractivity contribution is -0.141. The average Bonchev–Trinajstić information content (AvgIpc) is 3.26. The number of morpholine rings is 1. The van der Waals surface area contributed by atoms with Crippen molar-refractivity contribution < 1.29 is 34.0 Å². The largest absolute Gasteiger partial charge is 0.486 e. The Morgan fingerprint density at radius 1 is 1.11 bits per heavy atom. The van der Waals surface area contributed by atoms with Crippen LogP contribution in [0.25, 0.3) is 0 Å². The van der Waals surface area contributed by atoms with Crippen LogP contribution in [0.15, 0.2) is 30.5 Å². The van der Waals surface area contributed by atoms with Crippen LogP contribution in [-0.2, 0) is 20.9 Å². The maximum Gasteiger partial charge on any atom is 0.290 e. The molecule has 0 amide bonds. The quantitative estimate of drug-likeness (QED) is 0.542. The highest BCUT2D eigenvalue weighted by Crippen LogP contribution is 2.33. The second kappa shape index (κ2) is 13.1. The van der Waals surface area contributed by atoms with Gasteiger partial charge in [-0.1, -0.05) is 12.1 Å². The summed E-state index contributed by atoms with van der Waals surface area (Å²) >= 11 is 0. The molecule has 1 unspecified atom stereocenters. The Kier molecular flexibility index (Phi) is 9.88. The summed E-state index contributed by atoms with van der Waals surface area (Å²) in [5, 5.41) is 13.8. The van der Waals surface area contributed by atoms with E-state index in [1.165, 1.54) is 5.69 Å². The lowest BCUT2D eigenvalue weighted by Gasteiger charge is -2.48. The highest BCUT2D eigenvalue weighted by molar-refractivity contribution is 5.40. The number of rotatable bonds is 4. The molecule has 0 bridgehead atoms. The van der Waals surface area contributed by atoms with Gasteiger partial charge < -0.3 is 29.4 Å². The van der Waals surface area contributed by atoms with Gasteiger partial charge in [0.25, 0.3) is 12.9 Å². The smallest absolute Gasteiger partial charge is 0.290 e. The number of hydrogen-bond acceptors (Lipinski definition) is 8. The summed E-state index contributed by atoms with van der Waals surface area (Å²) < 4.78 is 18.4. The number of benzene rings is 1. The summed E-state index contributed by atoms with van der Waals surface area (Å²) in [5.74, 6) is 2.69. The number of carboxylic acid groups (broad SMARTS) is 2. The van der Waals surface area contributed by atoms with Crippen LogP contribution in [0.2, 0.25) is 0 Å². The van der Waals surface area contributed by atoms with E-state index in [0.29, 0.717) is 6.61 Å². The van der Waals surface area contributed by atoms with Gasteiger partial charge in [0.15, 0.2) is 11.5 Å². The first kappa shape index (κ1) is 26.5. The molecule has 3 aliphatic rings. The molecule has 1 atom stereocenters. The second-order valence-electron chi connectivity index (χ2n) is 8.75. The van der Waals surface area contributed by atoms with Gasteiger partial charge >= 0.3 is 0 Å². The van der Waals surface area contributed by atoms with E-state index in [0.717, 1.165) is 76.0 Å². The highest BCUT2D eigenvalue weighted by atomic mass is 16.6. The first-order valence-electron chi connectivity index (χ1n) is 11.6. The third-order valence-electron chi connectivity index (χ3n) is 6.27. The lowest BCUT2D eigenvalue weighted by Crippen LogP contribution is -2.58. The van der Waals surface area contributed by atoms with Gasteiger partial charge in [-0.25, -0.2) is 4.98 Å². The number of carbonyl (C=O) groups is 2. The maximum absolute atomic E-state index is 8.36. The fourth-order valence-electron chi connectivity index (χ4n) is 4.73. The number of aryl methyl sites for hydroxylation is 1. The number of H-pyrrole nitrogens is 1. The van der Waals surface area contributed by atoms with Crippen LogP contribution in [0.4, 0.5) is 0 Å². The Balaban J connectivity index is 0.000000520. The Labute approximate surface area is 204 Å². The van der Waals surface area contributed by atoms with Crippen LogP contribution < -0.4 is 9.47 Å². The number of para-hydroxylation sites is 2. The van der Waals surface area contributed by atoms with Crippen LogP contribution in [0.1, 0.15) is 24.4 Å². The normalized spacial score (nSPS) is 21.1. The maximum atomic E-state index is 8.36. The molecular weight excluding hydrogens is 456 g/mol. The molecule has 35 heavy (non-hydrogen) atoms. The van der Waals surface area contributed by atoms with Crippen molar-refractivity contribution in [1.29, 1.82) is 0 Å². The van der Waals surface area contributed by atoms with Crippen LogP contribution in [0.3, 0.4) is 0 Å². The minimum atomic E-state index is -0.250. The van der Waals surface area contributed by atoms with Gasteiger partial charge in [0.1, 0.15) is 18.5 Å². The van der Waals surface area contributed by atoms with Crippen LogP contribution in [0, 0.1) is 6.92 Å². The summed E-state index contributed by atoms with van der Waals surface area (Å²) in [4.78, 5) is 29.4. The van der Waals surface area contributed by atoms with E-state index in [1.807, 2.05) is 37.4 Å². The Hall–Kier alpha value is -3.15. The Morgan fingerprint density at radius 3 is 2.46 bits per heavy atom. The Morgan fingerprint density at radius 2 is 1.80 bits per heavy atom. The number of hydrogen-bond donors (Lipinski definition) is 3. The standard InChI is InChI=1S/C22H30N4O3.2CH2O2/c1-17-23-12-18(24-17)13-25-8-6-22(7-9-25)16-26(10-11-28-22)14-19-15-27-20-4-2-3-5-21(20)29-19;2*2-1-3/h2-5,12,19H,6-11,13-16H2,1H3,(H,23,24);2*1H,(H,2,3). The van der Waals surface area contributed by atoms with Crippen molar-refractivity contribution in [2.75, 3.05) is 45.9 Å². The highest BCUT2D eigenvalue weighted by Gasteiger charge is 2.40. The molecule has 0 radical (unpaired) electrons. The summed E-state index contributed by atoms with van der Waals surface area (Å²) in [7, 11) is 0. The number of aromatic nitrogens is 2. The van der Waals surface area contributed by atoms with Crippen molar-refractivity contribution in [3.63, 3.8) is 0 Å². The van der Waals surface area contributed by atoms with E-state index >= 15 is 0 Å². The van der Waals surface area contributed by atoms with E-state index in [2.05, 4.69) is 19.8 Å². The van der Waals surface area contributed by atoms with E-state index in [1.54, 1.807) is 0 Å². The van der Waals surface area contributed by atoms with Crippen molar-refractivity contribution in [1.82, 2.24) is 19.8 Å². The van der Waals surface area contributed by atoms with Gasteiger partial charge in [-0.15, -0.1) is 0 Å². The van der Waals surface area contributed by atoms with Gasteiger partial charge in [0.2, 0.25) is 0 Å². The molecule has 11 heteroatoms. The van der Waals surface area contributed by atoms with Crippen molar-refractivity contribution in [2.24, 2.45) is 0 Å². The summed E-state index contributed by atoms with van der Waals surface area (Å²) in [6.45, 7) is 8.78. The predicted molar refractivity (Wildman–Crippen MR) is 127 cm³/mol. The van der Waals surface area contributed by atoms with Gasteiger partial charge in [0, 0.05) is 51.2 Å². The topological polar surface area (TPSA) is 137 Å². The van der Waals surface area contributed by atoms with E-state index < -0.39 is 0 Å². The predicted octanol–water partition coefficient (Wildman–Crippen LogP) is 1.63. The van der Waals surface area contributed by atoms with Gasteiger partial charge in [-0.05, 0) is 31.9 Å². The fraction of sp³-hybridized carbons (Fsp3) is 0.542. The van der Waals surface area contributed by atoms with Crippen molar-refractivity contribution in [3.05, 3.63) is 42.0 Å². The summed E-state index contributed by atoms with van der Waals surface area (Å²) in [5.41, 5.74) is 1.17. The van der Waals surface area contributed by atoms with Crippen molar-refractivity contribution in [2.45, 2.75) is 38.0 Å². The monoisotopic (exact) mass is 490 g/mol. The minimum Gasteiger partial charge on any atom is -0.486 e. The van der Waals surface area contributed by atoms with Gasteiger partial charge in [-0.3, -0.25) is 19.4 Å². The molecule has 4 heterocycles. The number of imidazole rings is 1. The van der Waals surface area contributed by atoms with Gasteiger partial charge in [-0.2, -0.15) is 0 Å². The summed E-state index contributed by atoms with van der Waals surface area (Å²) in [6, 6.07) is 7.92. The zero-order chi connectivity index (χ0) is 25.1. The first-order chi connectivity index (χ1) is 17.0. The molecule has 1 aromatic heterocycles. The van der Waals surface area contributed by atoms with Crippen LogP contribution in [0.5, 0.6) is 11.5 Å². The van der Waals surface area contributed by atoms with Crippen LogP contribution in [-0.4, -0.2) is 101 Å². The minimum absolute atomic E-state index is 0.0217. The number of fused-ring (bicyclic) bond motifs is 1. The Bertz CT molecular complexity index is 924. The number of likely N-dealkylation sites (tertiary alicyclic amines) is 1. The molecule has 2 saturated heterocycles. The van der Waals surface area contributed by atoms with E-state index in [9.17, 15) is 0 Å². The molecule has 3 aliphatic heterocycles. The zero-order valence-electron chi connectivity index (χ0n) is 20.0. The molecule has 2 aromatic rings. The van der Waals surface area contributed by atoms with Crippen molar-refractivity contribution in [3.8, 4) is 11.5 Å². The van der Waals surface area contributed by atoms with Gasteiger partial charge in [0.05, 0.1) is 12.2 Å². The van der Waals surface area contributed by atoms with E-state index in [4.69, 9.17) is 34.0 Å². The molecular formula is C24H34N4O7. The number of aromatic amines is 1. The van der Waals surface area contributed by atoms with Crippen molar-refractivity contribution >= 4 is 12.9 Å². The second-order valence-corrected chi connectivity index (χ2v) is 8.75. The molecule has 1 aromatic carbocycles. The molecule has 1 spiro atoms. The molecule has 5 rings (SSSR count). The number of piperidine rings is 1. The third kappa shape index (κ3) is 7.67. The number of nitrogens with one attached hydrogen (secondary N) is 1. The molecule has 0 aliphatic carbocycles. The first-order valence-corrected chi connectivity index (χ1v) is 11.6. The third-order valence-corrected chi connectivity index (χ3v) is 6.27. The molecule has 11 nitrogen and oxygen atoms in total. The fourth-order valence-corrected chi connectivity index (χ4v) is 4.73. The molecule has 192 valence electrons.